The molecule has 2 aliphatic carbocycles. The Labute approximate surface area is 497 Å². The summed E-state index contributed by atoms with van der Waals surface area (Å²) < 4.78 is 15.1. The maximum Gasteiger partial charge on any atom is 0.250 e. The monoisotopic (exact) mass is 1090 g/mol. The van der Waals surface area contributed by atoms with E-state index in [1.165, 1.54) is 78.2 Å². The van der Waals surface area contributed by atoms with Gasteiger partial charge in [-0.15, -0.1) is 0 Å². The van der Waals surface area contributed by atoms with E-state index < -0.39 is 5.41 Å². The third-order valence-corrected chi connectivity index (χ3v) is 20.1. The summed E-state index contributed by atoms with van der Waals surface area (Å²) in [4.78, 5) is 5.01. The van der Waals surface area contributed by atoms with Gasteiger partial charge in [-0.3, -0.25) is 0 Å². The van der Waals surface area contributed by atoms with Crippen molar-refractivity contribution >= 4 is 80.3 Å². The Bertz CT molecular complexity index is 4430. The van der Waals surface area contributed by atoms with Crippen molar-refractivity contribution in [3.8, 4) is 45.3 Å². The van der Waals surface area contributed by atoms with Gasteiger partial charge in [0.2, 0.25) is 0 Å². The lowest BCUT2D eigenvalue weighted by Gasteiger charge is -2.42. The normalized spacial score (nSPS) is 15.7. The zero-order valence-electron chi connectivity index (χ0n) is 47.8. The van der Waals surface area contributed by atoms with Crippen LogP contribution in [0.25, 0.3) is 22.3 Å². The highest BCUT2D eigenvalue weighted by Crippen LogP contribution is 2.67. The highest BCUT2D eigenvalue weighted by atomic mass is 16.5. The molecule has 0 saturated heterocycles. The zero-order valence-corrected chi connectivity index (χ0v) is 47.8. The molecule has 0 bridgehead atoms. The van der Waals surface area contributed by atoms with Gasteiger partial charge in [0.25, 0.3) is 13.4 Å². The fourth-order valence-corrected chi connectivity index (χ4v) is 16.4. The van der Waals surface area contributed by atoms with Gasteiger partial charge in [0.1, 0.15) is 23.0 Å². The summed E-state index contributed by atoms with van der Waals surface area (Å²) in [5.74, 6) is 3.58. The van der Waals surface area contributed by atoms with Gasteiger partial charge in [0.15, 0.2) is 0 Å². The fraction of sp³-hybridized carbons (Fsp3) is 0.0886. The molecule has 1 spiro atoms. The molecule has 12 aromatic rings. The van der Waals surface area contributed by atoms with Crippen LogP contribution in [0, 0.1) is 0 Å². The average Bonchev–Trinajstić information content (AvgIpc) is 1.55. The van der Waals surface area contributed by atoms with E-state index in [2.05, 4.69) is 304 Å². The second kappa shape index (κ2) is 17.5. The third kappa shape index (κ3) is 6.44. The number of rotatable bonds is 4. The smallest absolute Gasteiger partial charge is 0.250 e. The number of anilines is 6. The molecule has 4 aliphatic heterocycles. The van der Waals surface area contributed by atoms with Crippen LogP contribution in [0.5, 0.6) is 23.0 Å². The van der Waals surface area contributed by atoms with Crippen molar-refractivity contribution in [3.05, 3.63) is 311 Å². The van der Waals surface area contributed by atoms with Crippen molar-refractivity contribution in [1.29, 1.82) is 0 Å². The minimum Gasteiger partial charge on any atom is -0.458 e. The minimum absolute atomic E-state index is 0.0564. The first-order valence-electron chi connectivity index (χ1n) is 30.0. The zero-order chi connectivity index (χ0) is 56.5. The maximum absolute atomic E-state index is 7.56. The topological polar surface area (TPSA) is 24.9 Å². The molecule has 85 heavy (non-hydrogen) atoms. The van der Waals surface area contributed by atoms with E-state index in [4.69, 9.17) is 9.47 Å². The molecule has 12 aromatic carbocycles. The summed E-state index contributed by atoms with van der Waals surface area (Å²) >= 11 is 0. The lowest BCUT2D eigenvalue weighted by atomic mass is 9.35. The Morgan fingerprint density at radius 2 is 0.624 bits per heavy atom. The van der Waals surface area contributed by atoms with Gasteiger partial charge in [-0.1, -0.05) is 245 Å². The van der Waals surface area contributed by atoms with Gasteiger partial charge in [-0.05, 0) is 138 Å². The molecule has 6 aliphatic rings. The number of fused-ring (bicyclic) bond motifs is 20. The van der Waals surface area contributed by atoms with Crippen LogP contribution in [0.1, 0.15) is 72.2 Å². The average molecular weight is 1090 g/mol. The van der Waals surface area contributed by atoms with Crippen LogP contribution >= 0.6 is 0 Å². The van der Waals surface area contributed by atoms with E-state index >= 15 is 0 Å². The Kier molecular flexibility index (Phi) is 9.99. The van der Waals surface area contributed by atoms with E-state index in [0.29, 0.717) is 0 Å². The number of hydrogen-bond donors (Lipinski definition) is 0. The Morgan fingerprint density at radius 1 is 0.294 bits per heavy atom. The molecule has 0 aromatic heterocycles. The Morgan fingerprint density at radius 3 is 1.01 bits per heavy atom. The quantitative estimate of drug-likeness (QED) is 0.164. The van der Waals surface area contributed by atoms with Gasteiger partial charge in [0, 0.05) is 33.3 Å². The summed E-state index contributed by atoms with van der Waals surface area (Å²) in [5.41, 5.74) is 27.4. The van der Waals surface area contributed by atoms with Crippen molar-refractivity contribution in [2.75, 3.05) is 9.80 Å². The first kappa shape index (κ1) is 48.5. The van der Waals surface area contributed by atoms with E-state index in [-0.39, 0.29) is 24.3 Å². The summed E-state index contributed by atoms with van der Waals surface area (Å²) in [5, 5.41) is 0. The van der Waals surface area contributed by atoms with Crippen LogP contribution in [0.4, 0.5) is 34.1 Å². The van der Waals surface area contributed by atoms with Crippen LogP contribution < -0.4 is 52.1 Å². The number of para-hydroxylation sites is 6. The lowest BCUT2D eigenvalue weighted by Crippen LogP contribution is -2.55. The number of nitrogens with zero attached hydrogens (tertiary/aromatic N) is 2. The molecule has 0 N–H and O–H groups in total. The molecular formula is C79H56B2N2O2. The minimum atomic E-state index is -0.805. The first-order valence-corrected chi connectivity index (χ1v) is 30.0. The Balaban J connectivity index is 0.955. The van der Waals surface area contributed by atoms with Gasteiger partial charge in [-0.25, -0.2) is 0 Å². The highest BCUT2D eigenvalue weighted by Gasteiger charge is 2.56. The van der Waals surface area contributed by atoms with Gasteiger partial charge in [-0.2, -0.15) is 0 Å². The van der Waals surface area contributed by atoms with E-state index in [1.807, 2.05) is 0 Å². The third-order valence-electron chi connectivity index (χ3n) is 20.1. The summed E-state index contributed by atoms with van der Waals surface area (Å²) in [6.45, 7) is 9.34. The fourth-order valence-electron chi connectivity index (χ4n) is 16.4. The molecule has 4 heterocycles. The predicted molar refractivity (Wildman–Crippen MR) is 352 cm³/mol. The molecule has 0 fully saturated rings. The standard InChI is InChI=1S/C79H56B2N2O2/c1-77(2)57-27-11-17-33-67(57)82(68-34-18-12-28-58(68)77)51-39-41-55-53(47-51)73-61(43-45-65-75(73)84-71-37-21-15-31-63(71)80(65)49-23-7-5-8-24-49)79(55)56-42-40-52(83-69-35-19-13-29-59(69)78(3,4)60-30-14-20-36-70(60)83)48-54(56)74-62(79)44-46-66-76(74)85-72-38-22-16-32-64(72)81(66)50-25-9-6-10-26-50/h5-48H,1-4H3. The van der Waals surface area contributed by atoms with E-state index in [9.17, 15) is 0 Å². The summed E-state index contributed by atoms with van der Waals surface area (Å²) in [6, 6.07) is 99.6. The Hall–Kier alpha value is -10.0. The second-order valence-corrected chi connectivity index (χ2v) is 25.0. The van der Waals surface area contributed by atoms with Crippen LogP contribution in [-0.2, 0) is 16.2 Å². The van der Waals surface area contributed by atoms with Crippen LogP contribution in [-0.4, -0.2) is 13.4 Å². The van der Waals surface area contributed by atoms with E-state index in [0.717, 1.165) is 78.5 Å². The van der Waals surface area contributed by atoms with Crippen molar-refractivity contribution < 1.29 is 9.47 Å². The molecule has 0 saturated carbocycles. The largest absolute Gasteiger partial charge is 0.458 e. The van der Waals surface area contributed by atoms with Crippen LogP contribution in [0.2, 0.25) is 0 Å². The van der Waals surface area contributed by atoms with Crippen LogP contribution in [0.15, 0.2) is 267 Å². The number of hydrogen-bond acceptors (Lipinski definition) is 4. The van der Waals surface area contributed by atoms with Crippen molar-refractivity contribution in [3.63, 3.8) is 0 Å². The molecule has 0 unspecified atom stereocenters. The molecule has 6 heteroatoms. The lowest BCUT2D eigenvalue weighted by molar-refractivity contribution is 0.488. The van der Waals surface area contributed by atoms with Gasteiger partial charge >= 0.3 is 0 Å². The molecule has 0 atom stereocenters. The van der Waals surface area contributed by atoms with Gasteiger partial charge in [0.05, 0.1) is 28.2 Å². The van der Waals surface area contributed by atoms with Crippen molar-refractivity contribution in [1.82, 2.24) is 0 Å². The summed E-state index contributed by atoms with van der Waals surface area (Å²) in [7, 11) is 0. The van der Waals surface area contributed by atoms with Crippen LogP contribution in [0.3, 0.4) is 0 Å². The maximum atomic E-state index is 7.56. The van der Waals surface area contributed by atoms with Crippen molar-refractivity contribution in [2.24, 2.45) is 0 Å². The van der Waals surface area contributed by atoms with Crippen molar-refractivity contribution in [2.45, 2.75) is 43.9 Å². The predicted octanol–water partition coefficient (Wildman–Crippen LogP) is 15.5. The second-order valence-electron chi connectivity index (χ2n) is 25.0. The number of benzene rings is 12. The SMILES string of the molecule is CC1(C)c2ccccc2N(c2ccc3c(c2)-c2c(ccc4c2Oc2ccccc2B4c2ccccc2)C32c3ccc(N4c5ccccc5C(C)(C)c5ccccc54)cc3-c3c2ccc2c3Oc3ccccc3B2c2ccccc2)c2ccccc21. The molecule has 4 nitrogen and oxygen atoms in total. The molecule has 18 rings (SSSR count). The molecule has 0 radical (unpaired) electrons. The number of ether oxygens (including phenoxy) is 2. The summed E-state index contributed by atoms with van der Waals surface area (Å²) in [6.07, 6.45) is 0. The first-order chi connectivity index (χ1) is 41.7. The highest BCUT2D eigenvalue weighted by molar-refractivity contribution is 6.97. The molecule has 0 amide bonds. The van der Waals surface area contributed by atoms with Gasteiger partial charge < -0.3 is 19.3 Å². The van der Waals surface area contributed by atoms with E-state index in [1.54, 1.807) is 0 Å². The molecular weight excluding hydrogens is 1030 g/mol. The molecule has 400 valence electrons.